The summed E-state index contributed by atoms with van der Waals surface area (Å²) < 4.78 is 11.1. The second-order valence-electron chi connectivity index (χ2n) is 4.75. The SMILES string of the molecule is Cc1cnc(CNC2COC(C)(C)OC2)cn1. The number of nitrogens with zero attached hydrogens (tertiary/aromatic N) is 2. The third kappa shape index (κ3) is 3.73. The van der Waals surface area contributed by atoms with E-state index in [2.05, 4.69) is 15.3 Å². The molecule has 2 heterocycles. The largest absolute Gasteiger partial charge is 0.349 e. The molecule has 0 atom stereocenters. The molecule has 94 valence electrons. The fraction of sp³-hybridized carbons (Fsp3) is 0.667. The van der Waals surface area contributed by atoms with Crippen molar-refractivity contribution in [1.29, 1.82) is 0 Å². The second kappa shape index (κ2) is 5.08. The molecule has 1 saturated heterocycles. The van der Waals surface area contributed by atoms with E-state index in [9.17, 15) is 0 Å². The molecule has 0 bridgehead atoms. The fourth-order valence-corrected chi connectivity index (χ4v) is 1.57. The van der Waals surface area contributed by atoms with Gasteiger partial charge >= 0.3 is 0 Å². The maximum Gasteiger partial charge on any atom is 0.162 e. The van der Waals surface area contributed by atoms with Gasteiger partial charge in [-0.2, -0.15) is 0 Å². The Morgan fingerprint density at radius 1 is 1.29 bits per heavy atom. The fourth-order valence-electron chi connectivity index (χ4n) is 1.57. The van der Waals surface area contributed by atoms with Crippen LogP contribution in [0.4, 0.5) is 0 Å². The van der Waals surface area contributed by atoms with Gasteiger partial charge in [-0.1, -0.05) is 0 Å². The van der Waals surface area contributed by atoms with Crippen LogP contribution in [0.5, 0.6) is 0 Å². The molecule has 0 saturated carbocycles. The van der Waals surface area contributed by atoms with Crippen LogP contribution in [0.1, 0.15) is 25.2 Å². The summed E-state index contributed by atoms with van der Waals surface area (Å²) in [6.45, 7) is 7.78. The Kier molecular flexibility index (Phi) is 3.71. The van der Waals surface area contributed by atoms with Crippen LogP contribution >= 0.6 is 0 Å². The second-order valence-corrected chi connectivity index (χ2v) is 4.75. The normalized spacial score (nSPS) is 20.4. The minimum absolute atomic E-state index is 0.214. The molecule has 5 heteroatoms. The van der Waals surface area contributed by atoms with Gasteiger partial charge in [0.1, 0.15) is 0 Å². The molecular weight excluding hydrogens is 218 g/mol. The van der Waals surface area contributed by atoms with Gasteiger partial charge in [-0.3, -0.25) is 9.97 Å². The summed E-state index contributed by atoms with van der Waals surface area (Å²) >= 11 is 0. The van der Waals surface area contributed by atoms with Crippen molar-refractivity contribution in [1.82, 2.24) is 15.3 Å². The van der Waals surface area contributed by atoms with E-state index >= 15 is 0 Å². The number of aryl methyl sites for hydroxylation is 1. The maximum absolute atomic E-state index is 5.56. The lowest BCUT2D eigenvalue weighted by atomic mass is 10.2. The van der Waals surface area contributed by atoms with E-state index in [0.717, 1.165) is 11.4 Å². The lowest BCUT2D eigenvalue weighted by Gasteiger charge is -2.35. The van der Waals surface area contributed by atoms with Crippen LogP contribution in [0.15, 0.2) is 12.4 Å². The Morgan fingerprint density at radius 2 is 2.00 bits per heavy atom. The Balaban J connectivity index is 1.78. The van der Waals surface area contributed by atoms with Gasteiger partial charge in [0.05, 0.1) is 30.6 Å². The van der Waals surface area contributed by atoms with Crippen LogP contribution in [0.2, 0.25) is 0 Å². The monoisotopic (exact) mass is 237 g/mol. The van der Waals surface area contributed by atoms with Gasteiger partial charge in [-0.25, -0.2) is 0 Å². The number of ether oxygens (including phenoxy) is 2. The smallest absolute Gasteiger partial charge is 0.162 e. The number of nitrogens with one attached hydrogen (secondary N) is 1. The lowest BCUT2D eigenvalue weighted by molar-refractivity contribution is -0.253. The van der Waals surface area contributed by atoms with Gasteiger partial charge in [-0.15, -0.1) is 0 Å². The van der Waals surface area contributed by atoms with Crippen molar-refractivity contribution < 1.29 is 9.47 Å². The molecule has 1 aromatic heterocycles. The molecule has 0 radical (unpaired) electrons. The van der Waals surface area contributed by atoms with E-state index in [4.69, 9.17) is 9.47 Å². The first kappa shape index (κ1) is 12.4. The zero-order valence-corrected chi connectivity index (χ0v) is 10.6. The minimum atomic E-state index is -0.457. The molecule has 0 spiro atoms. The van der Waals surface area contributed by atoms with Crippen LogP contribution in [0, 0.1) is 6.92 Å². The van der Waals surface area contributed by atoms with Crippen molar-refractivity contribution in [2.45, 2.75) is 39.1 Å². The number of hydrogen-bond acceptors (Lipinski definition) is 5. The summed E-state index contributed by atoms with van der Waals surface area (Å²) in [6.07, 6.45) is 3.56. The molecule has 1 aliphatic rings. The molecule has 0 unspecified atom stereocenters. The summed E-state index contributed by atoms with van der Waals surface area (Å²) in [4.78, 5) is 8.49. The van der Waals surface area contributed by atoms with Crippen molar-refractivity contribution in [2.24, 2.45) is 0 Å². The number of aromatic nitrogens is 2. The maximum atomic E-state index is 5.56. The standard InChI is InChI=1S/C12H19N3O2/c1-9-4-14-10(5-13-9)6-15-11-7-16-12(2,3)17-8-11/h4-5,11,15H,6-8H2,1-3H3. The Hall–Kier alpha value is -1.04. The summed E-state index contributed by atoms with van der Waals surface area (Å²) in [7, 11) is 0. The Bertz CT molecular complexity index is 355. The third-order valence-electron chi connectivity index (χ3n) is 2.67. The summed E-state index contributed by atoms with van der Waals surface area (Å²) in [5.41, 5.74) is 1.86. The van der Waals surface area contributed by atoms with Crippen LogP contribution in [0.3, 0.4) is 0 Å². The highest BCUT2D eigenvalue weighted by molar-refractivity contribution is 5.00. The summed E-state index contributed by atoms with van der Waals surface area (Å²) in [6, 6.07) is 0.214. The zero-order chi connectivity index (χ0) is 12.3. The van der Waals surface area contributed by atoms with Crippen molar-refractivity contribution in [3.8, 4) is 0 Å². The predicted molar refractivity (Wildman–Crippen MR) is 63.4 cm³/mol. The van der Waals surface area contributed by atoms with Gasteiger partial charge in [0.25, 0.3) is 0 Å². The van der Waals surface area contributed by atoms with E-state index in [1.54, 1.807) is 12.4 Å². The number of hydrogen-bond donors (Lipinski definition) is 1. The van der Waals surface area contributed by atoms with E-state index in [0.29, 0.717) is 19.8 Å². The molecule has 0 aromatic carbocycles. The van der Waals surface area contributed by atoms with Crippen LogP contribution in [-0.2, 0) is 16.0 Å². The van der Waals surface area contributed by atoms with Crippen LogP contribution < -0.4 is 5.32 Å². The topological polar surface area (TPSA) is 56.3 Å². The third-order valence-corrected chi connectivity index (χ3v) is 2.67. The zero-order valence-electron chi connectivity index (χ0n) is 10.6. The Morgan fingerprint density at radius 3 is 2.59 bits per heavy atom. The molecule has 0 amide bonds. The predicted octanol–water partition coefficient (Wildman–Crippen LogP) is 1.03. The summed E-state index contributed by atoms with van der Waals surface area (Å²) in [5, 5.41) is 3.34. The first-order valence-corrected chi connectivity index (χ1v) is 5.84. The average molecular weight is 237 g/mol. The van der Waals surface area contributed by atoms with Crippen molar-refractivity contribution in [3.63, 3.8) is 0 Å². The van der Waals surface area contributed by atoms with Crippen molar-refractivity contribution in [3.05, 3.63) is 23.8 Å². The first-order valence-electron chi connectivity index (χ1n) is 5.84. The lowest BCUT2D eigenvalue weighted by Crippen LogP contribution is -2.48. The average Bonchev–Trinajstić information content (AvgIpc) is 2.30. The first-order chi connectivity index (χ1) is 8.05. The molecule has 17 heavy (non-hydrogen) atoms. The molecule has 2 rings (SSSR count). The van der Waals surface area contributed by atoms with E-state index in [1.165, 1.54) is 0 Å². The molecule has 1 aromatic rings. The van der Waals surface area contributed by atoms with E-state index < -0.39 is 5.79 Å². The highest BCUT2D eigenvalue weighted by Gasteiger charge is 2.27. The van der Waals surface area contributed by atoms with Gasteiger partial charge in [-0.05, 0) is 20.8 Å². The molecular formula is C12H19N3O2. The molecule has 0 aliphatic carbocycles. The number of rotatable bonds is 3. The van der Waals surface area contributed by atoms with Crippen molar-refractivity contribution >= 4 is 0 Å². The van der Waals surface area contributed by atoms with Crippen LogP contribution in [0.25, 0.3) is 0 Å². The van der Waals surface area contributed by atoms with E-state index in [1.807, 2.05) is 20.8 Å². The molecule has 1 aliphatic heterocycles. The molecule has 1 N–H and O–H groups in total. The van der Waals surface area contributed by atoms with Gasteiger partial charge in [0, 0.05) is 18.9 Å². The van der Waals surface area contributed by atoms with Crippen molar-refractivity contribution in [2.75, 3.05) is 13.2 Å². The van der Waals surface area contributed by atoms with Gasteiger partial charge < -0.3 is 14.8 Å². The van der Waals surface area contributed by atoms with Crippen LogP contribution in [-0.4, -0.2) is 35.0 Å². The summed E-state index contributed by atoms with van der Waals surface area (Å²) in [5.74, 6) is -0.457. The van der Waals surface area contributed by atoms with Gasteiger partial charge in [0.15, 0.2) is 5.79 Å². The molecule has 5 nitrogen and oxygen atoms in total. The molecule has 1 fully saturated rings. The quantitative estimate of drug-likeness (QED) is 0.850. The minimum Gasteiger partial charge on any atom is -0.349 e. The van der Waals surface area contributed by atoms with E-state index in [-0.39, 0.29) is 6.04 Å². The Labute approximate surface area is 102 Å². The highest BCUT2D eigenvalue weighted by Crippen LogP contribution is 2.16. The highest BCUT2D eigenvalue weighted by atomic mass is 16.7. The van der Waals surface area contributed by atoms with Gasteiger partial charge in [0.2, 0.25) is 0 Å².